The van der Waals surface area contributed by atoms with Crippen LogP contribution in [0.2, 0.25) is 0 Å². The molecule has 17 nitrogen and oxygen atoms in total. The van der Waals surface area contributed by atoms with Gasteiger partial charge in [0.25, 0.3) is 0 Å². The number of nitrogens with two attached hydrogens (primary N) is 1. The normalized spacial score (nSPS) is 24.5. The number of aromatic nitrogens is 4. The number of alkyl halides is 1. The topological polar surface area (TPSA) is 218 Å². The van der Waals surface area contributed by atoms with E-state index in [1.54, 1.807) is 27.7 Å². The first-order valence-electron chi connectivity index (χ1n) is 13.9. The van der Waals surface area contributed by atoms with Gasteiger partial charge in [0.15, 0.2) is 17.4 Å². The van der Waals surface area contributed by atoms with Crippen LogP contribution in [0.4, 0.5) is 15.1 Å². The molecule has 0 radical (unpaired) electrons. The summed E-state index contributed by atoms with van der Waals surface area (Å²) in [6.45, 7) is 7.91. The number of aliphatic hydroxyl groups is 1. The molecule has 3 rings (SSSR count). The molecule has 44 heavy (non-hydrogen) atoms. The summed E-state index contributed by atoms with van der Waals surface area (Å²) >= 11 is 0. The van der Waals surface area contributed by atoms with Crippen LogP contribution in [0, 0.1) is 11.8 Å². The van der Waals surface area contributed by atoms with E-state index >= 15 is 0 Å². The molecule has 7 unspecified atom stereocenters. The Labute approximate surface area is 253 Å². The zero-order chi connectivity index (χ0) is 32.8. The van der Waals surface area contributed by atoms with E-state index < -0.39 is 75.3 Å². The smallest absolute Gasteiger partial charge is 0.476 e. The number of nitrogen functional groups attached to an aromatic ring is 1. The molecule has 1 fully saturated rings. The summed E-state index contributed by atoms with van der Waals surface area (Å²) in [6, 6.07) is -1.18. The second kappa shape index (κ2) is 14.8. The number of carbonyl (C=O) groups excluding carboxylic acids is 2. The molecular weight excluding hydrogens is 610 g/mol. The SMILES string of the molecule is CCOC(=O)OC(C)OP(=O)(NC(C(=O)OC)C(C)C)OCC1(C)OC(n2cnc3c(OCC)nc(N)nc32)C(O)C1CF. The summed E-state index contributed by atoms with van der Waals surface area (Å²) in [5, 5.41) is 13.7. The number of anilines is 1. The highest BCUT2D eigenvalue weighted by molar-refractivity contribution is 7.51. The van der Waals surface area contributed by atoms with Crippen LogP contribution in [0.25, 0.3) is 11.2 Å². The van der Waals surface area contributed by atoms with Crippen LogP contribution in [-0.2, 0) is 37.4 Å². The molecule has 7 atom stereocenters. The Bertz CT molecular complexity index is 1350. The van der Waals surface area contributed by atoms with Gasteiger partial charge in [0.1, 0.15) is 12.1 Å². The number of rotatable bonds is 15. The summed E-state index contributed by atoms with van der Waals surface area (Å²) in [5.41, 5.74) is 4.62. The van der Waals surface area contributed by atoms with Gasteiger partial charge in [-0.15, -0.1) is 0 Å². The minimum Gasteiger partial charge on any atom is -0.476 e. The van der Waals surface area contributed by atoms with E-state index in [2.05, 4.69) is 20.0 Å². The molecule has 19 heteroatoms. The fraction of sp³-hybridized carbons (Fsp3) is 0.720. The molecule has 1 aliphatic heterocycles. The highest BCUT2D eigenvalue weighted by atomic mass is 31.2. The molecule has 1 aliphatic rings. The minimum atomic E-state index is -4.56. The molecule has 0 amide bonds. The lowest BCUT2D eigenvalue weighted by atomic mass is 9.89. The molecule has 0 spiro atoms. The molecule has 1 saturated heterocycles. The zero-order valence-corrected chi connectivity index (χ0v) is 26.5. The quantitative estimate of drug-likeness (QED) is 0.143. The van der Waals surface area contributed by atoms with Gasteiger partial charge >= 0.3 is 19.9 Å². The van der Waals surface area contributed by atoms with E-state index in [0.717, 1.165) is 7.11 Å². The van der Waals surface area contributed by atoms with Crippen LogP contribution < -0.4 is 15.6 Å². The Morgan fingerprint density at radius 3 is 2.57 bits per heavy atom. The first-order valence-corrected chi connectivity index (χ1v) is 15.4. The first-order chi connectivity index (χ1) is 20.7. The number of methoxy groups -OCH3 is 1. The fourth-order valence-corrected chi connectivity index (χ4v) is 6.33. The molecule has 0 saturated carbocycles. The second-order valence-corrected chi connectivity index (χ2v) is 12.1. The number of carbonyl (C=O) groups is 2. The number of ether oxygens (including phenoxy) is 5. The van der Waals surface area contributed by atoms with E-state index in [1.165, 1.54) is 24.7 Å². The first kappa shape index (κ1) is 35.3. The molecule has 0 bridgehead atoms. The van der Waals surface area contributed by atoms with Gasteiger partial charge in [0, 0.05) is 5.92 Å². The van der Waals surface area contributed by atoms with Crippen LogP contribution >= 0.6 is 7.75 Å². The maximum absolute atomic E-state index is 14.5. The van der Waals surface area contributed by atoms with Crippen molar-refractivity contribution in [3.05, 3.63) is 6.33 Å². The van der Waals surface area contributed by atoms with Crippen molar-refractivity contribution in [3.8, 4) is 5.88 Å². The Kier molecular flexibility index (Phi) is 11.8. The number of esters is 1. The minimum absolute atomic E-state index is 0.0112. The van der Waals surface area contributed by atoms with Gasteiger partial charge in [-0.05, 0) is 33.6 Å². The average molecular weight is 651 g/mol. The predicted molar refractivity (Wildman–Crippen MR) is 151 cm³/mol. The Hall–Kier alpha value is -3.15. The molecule has 3 heterocycles. The molecular formula is C25H40FN6O11P. The average Bonchev–Trinajstić information content (AvgIpc) is 3.48. The third kappa shape index (κ3) is 7.92. The molecule has 2 aromatic rings. The fourth-order valence-electron chi connectivity index (χ4n) is 4.53. The van der Waals surface area contributed by atoms with Crippen LogP contribution in [0.5, 0.6) is 5.88 Å². The number of hydrogen-bond acceptors (Lipinski definition) is 15. The number of nitrogens with zero attached hydrogens (tertiary/aromatic N) is 4. The van der Waals surface area contributed by atoms with Crippen LogP contribution in [0.15, 0.2) is 6.33 Å². The maximum atomic E-state index is 14.5. The van der Waals surface area contributed by atoms with Gasteiger partial charge in [0.2, 0.25) is 18.1 Å². The van der Waals surface area contributed by atoms with Crippen molar-refractivity contribution in [3.63, 3.8) is 0 Å². The Morgan fingerprint density at radius 2 is 1.98 bits per heavy atom. The molecule has 0 aromatic carbocycles. The number of imidazole rings is 1. The third-order valence-corrected chi connectivity index (χ3v) is 8.40. The maximum Gasteiger partial charge on any atom is 0.510 e. The van der Waals surface area contributed by atoms with Crippen molar-refractivity contribution in [2.75, 3.05) is 39.3 Å². The highest BCUT2D eigenvalue weighted by Crippen LogP contribution is 2.50. The van der Waals surface area contributed by atoms with Gasteiger partial charge in [-0.25, -0.2) is 19.4 Å². The number of aliphatic hydroxyl groups excluding tert-OH is 1. The number of fused-ring (bicyclic) bond motifs is 1. The highest BCUT2D eigenvalue weighted by Gasteiger charge is 2.54. The standard InChI is InChI=1S/C25H40FN6O11P/c1-8-38-20-17-19(29-23(27)30-20)32(12-28-17)21-18(33)15(10-26)25(6,42-21)11-40-44(36,31-16(13(3)4)22(34)37-7)43-14(5)41-24(35)39-9-2/h12-16,18,21,33H,8-11H2,1-7H3,(H,31,36)(H2,27,29,30). The third-order valence-electron chi connectivity index (χ3n) is 6.76. The van der Waals surface area contributed by atoms with Gasteiger partial charge in [-0.2, -0.15) is 9.97 Å². The van der Waals surface area contributed by atoms with Gasteiger partial charge < -0.3 is 34.5 Å². The Balaban J connectivity index is 1.92. The van der Waals surface area contributed by atoms with Crippen LogP contribution in [0.3, 0.4) is 0 Å². The largest absolute Gasteiger partial charge is 0.510 e. The van der Waals surface area contributed by atoms with Crippen molar-refractivity contribution in [1.82, 2.24) is 24.6 Å². The van der Waals surface area contributed by atoms with Crippen LogP contribution in [0.1, 0.15) is 47.8 Å². The van der Waals surface area contributed by atoms with Gasteiger partial charge in [-0.1, -0.05) is 13.8 Å². The van der Waals surface area contributed by atoms with Crippen molar-refractivity contribution < 1.29 is 56.4 Å². The molecule has 4 N–H and O–H groups in total. The summed E-state index contributed by atoms with van der Waals surface area (Å²) < 4.78 is 67.1. The second-order valence-electron chi connectivity index (χ2n) is 10.3. The van der Waals surface area contributed by atoms with E-state index in [-0.39, 0.29) is 36.2 Å². The van der Waals surface area contributed by atoms with Gasteiger partial charge in [0.05, 0.1) is 45.5 Å². The molecule has 2 aromatic heterocycles. The van der Waals surface area contributed by atoms with Crippen molar-refractivity contribution in [2.24, 2.45) is 11.8 Å². The van der Waals surface area contributed by atoms with E-state index in [9.17, 15) is 23.7 Å². The lowest BCUT2D eigenvalue weighted by Gasteiger charge is -2.32. The summed E-state index contributed by atoms with van der Waals surface area (Å²) in [7, 11) is -3.41. The summed E-state index contributed by atoms with van der Waals surface area (Å²) in [4.78, 5) is 36.7. The summed E-state index contributed by atoms with van der Waals surface area (Å²) in [5.74, 6) is -2.46. The van der Waals surface area contributed by atoms with E-state index in [4.69, 9.17) is 38.5 Å². The van der Waals surface area contributed by atoms with Crippen LogP contribution in [-0.4, -0.2) is 94.4 Å². The number of hydrogen-bond donors (Lipinski definition) is 3. The number of halogens is 1. The van der Waals surface area contributed by atoms with Gasteiger partial charge in [-0.3, -0.25) is 22.8 Å². The van der Waals surface area contributed by atoms with Crippen molar-refractivity contribution in [1.29, 1.82) is 0 Å². The molecule has 248 valence electrons. The zero-order valence-electron chi connectivity index (χ0n) is 25.6. The Morgan fingerprint density at radius 1 is 1.27 bits per heavy atom. The van der Waals surface area contributed by atoms with Crippen molar-refractivity contribution >= 4 is 37.0 Å². The predicted octanol–water partition coefficient (Wildman–Crippen LogP) is 2.49. The monoisotopic (exact) mass is 650 g/mol. The lowest BCUT2D eigenvalue weighted by molar-refractivity contribution is -0.144. The van der Waals surface area contributed by atoms with E-state index in [1.807, 2.05) is 0 Å². The lowest BCUT2D eigenvalue weighted by Crippen LogP contribution is -2.44. The molecule has 0 aliphatic carbocycles. The van der Waals surface area contributed by atoms with E-state index in [0.29, 0.717) is 0 Å². The van der Waals surface area contributed by atoms with Crippen molar-refractivity contribution in [2.45, 2.75) is 71.8 Å². The summed E-state index contributed by atoms with van der Waals surface area (Å²) in [6.07, 6.45) is -3.97. The number of nitrogens with one attached hydrogen (secondary N) is 1.